The smallest absolute Gasteiger partial charge is 0.307 e. The first-order valence-corrected chi connectivity index (χ1v) is 9.87. The molecule has 158 valence electrons. The Kier molecular flexibility index (Phi) is 7.27. The van der Waals surface area contributed by atoms with Gasteiger partial charge < -0.3 is 10.1 Å². The van der Waals surface area contributed by atoms with Crippen molar-refractivity contribution in [1.82, 2.24) is 0 Å². The van der Waals surface area contributed by atoms with E-state index < -0.39 is 23.8 Å². The Labute approximate surface area is 179 Å². The summed E-state index contributed by atoms with van der Waals surface area (Å²) < 4.78 is 18.1. The fourth-order valence-electron chi connectivity index (χ4n) is 3.00. The molecule has 0 bridgehead atoms. The van der Waals surface area contributed by atoms with E-state index in [4.69, 9.17) is 4.74 Å². The van der Waals surface area contributed by atoms with Crippen molar-refractivity contribution < 1.29 is 23.5 Å². The van der Waals surface area contributed by atoms with Gasteiger partial charge in [0.25, 0.3) is 5.91 Å². The highest BCUT2D eigenvalue weighted by Crippen LogP contribution is 2.27. The van der Waals surface area contributed by atoms with Crippen LogP contribution in [0.3, 0.4) is 0 Å². The van der Waals surface area contributed by atoms with Crippen molar-refractivity contribution in [2.24, 2.45) is 0 Å². The molecule has 0 aliphatic rings. The molecule has 1 N–H and O–H groups in total. The molecule has 0 aliphatic carbocycles. The highest BCUT2D eigenvalue weighted by atomic mass is 19.1. The van der Waals surface area contributed by atoms with Gasteiger partial charge >= 0.3 is 5.97 Å². The summed E-state index contributed by atoms with van der Waals surface area (Å²) in [6.07, 6.45) is -1.29. The van der Waals surface area contributed by atoms with Crippen LogP contribution in [-0.2, 0) is 14.3 Å². The third kappa shape index (κ3) is 6.09. The zero-order chi connectivity index (χ0) is 22.2. The number of ether oxygens (including phenoxy) is 1. The minimum Gasteiger partial charge on any atom is -0.453 e. The van der Waals surface area contributed by atoms with Crippen molar-refractivity contribution in [3.63, 3.8) is 0 Å². The summed E-state index contributed by atoms with van der Waals surface area (Å²) >= 11 is 0. The molecule has 3 aromatic carbocycles. The molecule has 3 rings (SSSR count). The van der Waals surface area contributed by atoms with Crippen LogP contribution in [0.5, 0.6) is 0 Å². The Hall–Kier alpha value is -3.80. The molecule has 0 unspecified atom stereocenters. The van der Waals surface area contributed by atoms with Gasteiger partial charge in [-0.05, 0) is 42.8 Å². The summed E-state index contributed by atoms with van der Waals surface area (Å²) in [5, 5.41) is 2.79. The lowest BCUT2D eigenvalue weighted by molar-refractivity contribution is -0.153. The van der Waals surface area contributed by atoms with Gasteiger partial charge in [-0.15, -0.1) is 0 Å². The van der Waals surface area contributed by atoms with Crippen LogP contribution in [0.2, 0.25) is 0 Å². The Bertz CT molecular complexity index is 1060. The molecule has 0 aromatic heterocycles. The van der Waals surface area contributed by atoms with Crippen LogP contribution < -0.4 is 5.32 Å². The molecule has 0 saturated carbocycles. The second kappa shape index (κ2) is 10.3. The summed E-state index contributed by atoms with van der Waals surface area (Å²) in [6, 6.07) is 22.0. The van der Waals surface area contributed by atoms with Crippen LogP contribution in [0.15, 0.2) is 78.9 Å². The molecule has 31 heavy (non-hydrogen) atoms. The van der Waals surface area contributed by atoms with Gasteiger partial charge in [0.05, 0.1) is 6.42 Å². The first-order valence-electron chi connectivity index (χ1n) is 9.87. The number of esters is 1. The molecule has 5 nitrogen and oxygen atoms in total. The molecule has 1 atom stereocenters. The van der Waals surface area contributed by atoms with Crippen molar-refractivity contribution in [2.75, 3.05) is 5.32 Å². The number of halogens is 1. The first kappa shape index (κ1) is 21.9. The zero-order valence-corrected chi connectivity index (χ0v) is 17.0. The first-order chi connectivity index (χ1) is 14.9. The maximum Gasteiger partial charge on any atom is 0.307 e. The van der Waals surface area contributed by atoms with Gasteiger partial charge in [-0.2, -0.15) is 0 Å². The van der Waals surface area contributed by atoms with Gasteiger partial charge in [-0.1, -0.05) is 48.5 Å². The van der Waals surface area contributed by atoms with Gasteiger partial charge in [0.15, 0.2) is 11.9 Å². The van der Waals surface area contributed by atoms with E-state index in [-0.39, 0.29) is 18.6 Å². The monoisotopic (exact) mass is 419 g/mol. The van der Waals surface area contributed by atoms with Gasteiger partial charge in [0, 0.05) is 23.2 Å². The fraction of sp³-hybridized carbons (Fsp3) is 0.160. The van der Waals surface area contributed by atoms with Gasteiger partial charge in [-0.3, -0.25) is 14.4 Å². The van der Waals surface area contributed by atoms with Crippen LogP contribution in [0, 0.1) is 5.82 Å². The normalized spacial score (nSPS) is 11.4. The quantitative estimate of drug-likeness (QED) is 0.411. The Morgan fingerprint density at radius 2 is 1.52 bits per heavy atom. The van der Waals surface area contributed by atoms with Crippen molar-refractivity contribution in [3.05, 3.63) is 90.2 Å². The predicted molar refractivity (Wildman–Crippen MR) is 116 cm³/mol. The number of rotatable bonds is 8. The largest absolute Gasteiger partial charge is 0.453 e. The summed E-state index contributed by atoms with van der Waals surface area (Å²) in [5.41, 5.74) is 2.72. The number of hydrogen-bond acceptors (Lipinski definition) is 4. The number of hydrogen-bond donors (Lipinski definition) is 1. The fourth-order valence-corrected chi connectivity index (χ4v) is 3.00. The predicted octanol–water partition coefficient (Wildman–Crippen LogP) is 5.03. The summed E-state index contributed by atoms with van der Waals surface area (Å²) in [5.74, 6) is -1.87. The number of para-hydroxylation sites is 1. The standard InChI is InChI=1S/C25H22FNO4/c1-17(31-24(29)16-15-23(28)19-11-13-20(26)14-12-19)25(30)27-22-10-6-5-9-21(22)18-7-3-2-4-8-18/h2-14,17H,15-16H2,1H3,(H,27,30)/t17-/m1/s1. The average Bonchev–Trinajstić information content (AvgIpc) is 2.79. The highest BCUT2D eigenvalue weighted by Gasteiger charge is 2.20. The van der Waals surface area contributed by atoms with E-state index in [2.05, 4.69) is 5.32 Å². The Morgan fingerprint density at radius 1 is 0.871 bits per heavy atom. The summed E-state index contributed by atoms with van der Waals surface area (Å²) in [7, 11) is 0. The molecular weight excluding hydrogens is 397 g/mol. The Morgan fingerprint density at radius 3 is 2.23 bits per heavy atom. The Balaban J connectivity index is 1.54. The molecular formula is C25H22FNO4. The van der Waals surface area contributed by atoms with E-state index in [1.54, 1.807) is 12.1 Å². The number of benzene rings is 3. The number of ketones is 1. The number of Topliss-reactive ketones (excluding diaryl/α,β-unsaturated/α-hetero) is 1. The minimum atomic E-state index is -1.03. The maximum atomic E-state index is 12.9. The van der Waals surface area contributed by atoms with Crippen LogP contribution in [0.4, 0.5) is 10.1 Å². The van der Waals surface area contributed by atoms with Crippen molar-refractivity contribution >= 4 is 23.3 Å². The molecule has 0 radical (unpaired) electrons. The number of carbonyl (C=O) groups is 3. The molecule has 0 spiro atoms. The molecule has 6 heteroatoms. The minimum absolute atomic E-state index is 0.0877. The lowest BCUT2D eigenvalue weighted by atomic mass is 10.0. The van der Waals surface area contributed by atoms with E-state index >= 15 is 0 Å². The van der Waals surface area contributed by atoms with Crippen LogP contribution >= 0.6 is 0 Å². The van der Waals surface area contributed by atoms with E-state index in [1.807, 2.05) is 42.5 Å². The summed E-state index contributed by atoms with van der Waals surface area (Å²) in [6.45, 7) is 1.47. The van der Waals surface area contributed by atoms with Crippen molar-refractivity contribution in [3.8, 4) is 11.1 Å². The van der Waals surface area contributed by atoms with Crippen molar-refractivity contribution in [2.45, 2.75) is 25.9 Å². The number of amides is 1. The summed E-state index contributed by atoms with van der Waals surface area (Å²) in [4.78, 5) is 36.7. The zero-order valence-electron chi connectivity index (χ0n) is 17.0. The lowest BCUT2D eigenvalue weighted by Crippen LogP contribution is -2.30. The second-order valence-electron chi connectivity index (χ2n) is 6.96. The molecule has 0 saturated heterocycles. The molecule has 0 heterocycles. The van der Waals surface area contributed by atoms with Crippen LogP contribution in [0.25, 0.3) is 11.1 Å². The van der Waals surface area contributed by atoms with E-state index in [9.17, 15) is 18.8 Å². The number of anilines is 1. The SMILES string of the molecule is C[C@@H](OC(=O)CCC(=O)c1ccc(F)cc1)C(=O)Nc1ccccc1-c1ccccc1. The van der Waals surface area contributed by atoms with Crippen LogP contribution in [-0.4, -0.2) is 23.8 Å². The molecule has 0 fully saturated rings. The van der Waals surface area contributed by atoms with Crippen molar-refractivity contribution in [1.29, 1.82) is 0 Å². The number of carbonyl (C=O) groups excluding carboxylic acids is 3. The van der Waals surface area contributed by atoms with Gasteiger partial charge in [0.2, 0.25) is 0 Å². The lowest BCUT2D eigenvalue weighted by Gasteiger charge is -2.16. The number of nitrogens with one attached hydrogen (secondary N) is 1. The van der Waals surface area contributed by atoms with Crippen LogP contribution in [0.1, 0.15) is 30.1 Å². The van der Waals surface area contributed by atoms with Gasteiger partial charge in [0.1, 0.15) is 5.82 Å². The van der Waals surface area contributed by atoms with E-state index in [0.29, 0.717) is 11.3 Å². The average molecular weight is 419 g/mol. The van der Waals surface area contributed by atoms with Gasteiger partial charge in [-0.25, -0.2) is 4.39 Å². The molecule has 3 aromatic rings. The third-order valence-electron chi connectivity index (χ3n) is 4.67. The highest BCUT2D eigenvalue weighted by molar-refractivity contribution is 5.99. The topological polar surface area (TPSA) is 72.5 Å². The van der Waals surface area contributed by atoms with E-state index in [0.717, 1.165) is 11.1 Å². The molecule has 1 amide bonds. The second-order valence-corrected chi connectivity index (χ2v) is 6.96. The molecule has 0 aliphatic heterocycles. The van der Waals surface area contributed by atoms with E-state index in [1.165, 1.54) is 31.2 Å². The maximum absolute atomic E-state index is 12.9. The third-order valence-corrected chi connectivity index (χ3v) is 4.67.